The van der Waals surface area contributed by atoms with E-state index >= 15 is 0 Å². The second-order valence-electron chi connectivity index (χ2n) is 1.70. The molecule has 0 rings (SSSR count). The predicted octanol–water partition coefficient (Wildman–Crippen LogP) is -0.529. The van der Waals surface area contributed by atoms with Gasteiger partial charge in [0, 0.05) is 0 Å². The van der Waals surface area contributed by atoms with Crippen LogP contribution in [-0.2, 0) is 15.5 Å². The molecule has 0 aliphatic carbocycles. The van der Waals surface area contributed by atoms with Crippen molar-refractivity contribution in [3.05, 3.63) is 0 Å². The topological polar surface area (TPSA) is 93.2 Å². The molecule has 0 heterocycles. The zero-order valence-corrected chi connectivity index (χ0v) is 11.5. The van der Waals surface area contributed by atoms with Gasteiger partial charge in [0.25, 0.3) is 8.25 Å². The van der Waals surface area contributed by atoms with Gasteiger partial charge in [-0.1, -0.05) is 4.57 Å². The van der Waals surface area contributed by atoms with Crippen LogP contribution >= 0.6 is 8.25 Å². The number of hydrogen-bond donors (Lipinski definition) is 0. The average molecular weight is 240 g/mol. The Bertz CT molecular complexity index is 93.1. The van der Waals surface area contributed by atoms with E-state index in [1.165, 1.54) is 17.3 Å². The molecule has 7 heteroatoms. The first kappa shape index (κ1) is 23.7. The molecule has 0 aliphatic rings. The Morgan fingerprint density at radius 2 is 1.23 bits per heavy atom. The Kier molecular flexibility index (Phi) is 34.3. The molecule has 0 aromatic rings. The van der Waals surface area contributed by atoms with Gasteiger partial charge in [-0.15, -0.1) is 0 Å². The fourth-order valence-electron chi connectivity index (χ4n) is 0.612. The van der Waals surface area contributed by atoms with Crippen LogP contribution in [-0.4, -0.2) is 45.8 Å². The van der Waals surface area contributed by atoms with Crippen LogP contribution in [0.3, 0.4) is 0 Å². The zero-order valence-electron chi connectivity index (χ0n) is 8.36. The van der Waals surface area contributed by atoms with E-state index in [2.05, 4.69) is 20.8 Å². The molecule has 0 aromatic carbocycles. The van der Waals surface area contributed by atoms with Gasteiger partial charge in [-0.25, -0.2) is 0 Å². The minimum Gasteiger partial charge on any atom is -0.870 e. The van der Waals surface area contributed by atoms with E-state index in [4.69, 9.17) is 14.4 Å². The van der Waals surface area contributed by atoms with Crippen LogP contribution in [0.4, 0.5) is 0 Å². The molecule has 0 saturated heterocycles. The minimum atomic E-state index is -3.37. The SMILES string of the molecule is CC[S+](CC)CC.O=[P+]([O-])[O-].[Mg+2].[OH-]. The van der Waals surface area contributed by atoms with Crippen molar-refractivity contribution in [2.24, 2.45) is 0 Å². The molecule has 0 amide bonds. The van der Waals surface area contributed by atoms with Crippen molar-refractivity contribution < 1.29 is 19.8 Å². The van der Waals surface area contributed by atoms with Crippen molar-refractivity contribution >= 4 is 42.2 Å². The second-order valence-corrected chi connectivity index (χ2v) is 5.11. The summed E-state index contributed by atoms with van der Waals surface area (Å²) in [4.78, 5) is 17.0. The van der Waals surface area contributed by atoms with Crippen molar-refractivity contribution in [1.82, 2.24) is 0 Å². The van der Waals surface area contributed by atoms with Gasteiger partial charge in [-0.3, -0.25) is 0 Å². The Hall–Kier alpha value is 1.10. The largest absolute Gasteiger partial charge is 2.00 e. The van der Waals surface area contributed by atoms with Gasteiger partial charge in [0.15, 0.2) is 0 Å². The normalized spacial score (nSPS) is 7.54. The molecule has 0 atom stereocenters. The van der Waals surface area contributed by atoms with Gasteiger partial charge in [-0.05, 0) is 31.7 Å². The van der Waals surface area contributed by atoms with E-state index in [-0.39, 0.29) is 28.5 Å². The van der Waals surface area contributed by atoms with E-state index in [0.29, 0.717) is 0 Å². The molecule has 1 N–H and O–H groups in total. The fraction of sp³-hybridized carbons (Fsp3) is 1.00. The van der Waals surface area contributed by atoms with Crippen LogP contribution in [0, 0.1) is 0 Å². The van der Waals surface area contributed by atoms with Gasteiger partial charge in [0.2, 0.25) is 0 Å². The maximum absolute atomic E-state index is 8.48. The van der Waals surface area contributed by atoms with E-state index in [1.807, 2.05) is 0 Å². The summed E-state index contributed by atoms with van der Waals surface area (Å²) in [7, 11) is -2.62. The van der Waals surface area contributed by atoms with Crippen LogP contribution in [0.15, 0.2) is 0 Å². The Morgan fingerprint density at radius 3 is 1.23 bits per heavy atom. The third-order valence-electron chi connectivity index (χ3n) is 1.22. The maximum Gasteiger partial charge on any atom is 2.00 e. The molecule has 13 heavy (non-hydrogen) atoms. The molecule has 0 saturated carbocycles. The van der Waals surface area contributed by atoms with Gasteiger partial charge < -0.3 is 15.3 Å². The molecule has 0 unspecified atom stereocenters. The van der Waals surface area contributed by atoms with Gasteiger partial charge >= 0.3 is 23.1 Å². The van der Waals surface area contributed by atoms with Gasteiger partial charge in [0.05, 0.1) is 0 Å². The molecule has 0 fully saturated rings. The minimum absolute atomic E-state index is 0. The van der Waals surface area contributed by atoms with Crippen molar-refractivity contribution in [3.8, 4) is 0 Å². The first-order valence-electron chi connectivity index (χ1n) is 3.54. The smallest absolute Gasteiger partial charge is 0.870 e. The molecule has 0 radical (unpaired) electrons. The van der Waals surface area contributed by atoms with Crippen LogP contribution in [0.25, 0.3) is 0 Å². The number of rotatable bonds is 3. The first-order chi connectivity index (χ1) is 5.08. The monoisotopic (exact) mass is 239 g/mol. The molecule has 0 spiro atoms. The molecule has 0 aliphatic heterocycles. The third kappa shape index (κ3) is 32.0. The summed E-state index contributed by atoms with van der Waals surface area (Å²) in [6, 6.07) is 0. The van der Waals surface area contributed by atoms with E-state index < -0.39 is 8.25 Å². The summed E-state index contributed by atoms with van der Waals surface area (Å²) in [6.07, 6.45) is 0. The van der Waals surface area contributed by atoms with Crippen LogP contribution in [0.1, 0.15) is 20.8 Å². The van der Waals surface area contributed by atoms with Crippen molar-refractivity contribution in [2.75, 3.05) is 17.3 Å². The van der Waals surface area contributed by atoms with E-state index in [9.17, 15) is 0 Å². The Morgan fingerprint density at radius 1 is 1.08 bits per heavy atom. The molecule has 4 nitrogen and oxygen atoms in total. The average Bonchev–Trinajstić information content (AvgIpc) is 1.90. The quantitative estimate of drug-likeness (QED) is 0.376. The molecule has 0 bridgehead atoms. The predicted molar refractivity (Wildman–Crippen MR) is 54.3 cm³/mol. The summed E-state index contributed by atoms with van der Waals surface area (Å²) in [5, 5.41) is 0. The Balaban J connectivity index is -0.0000000600. The van der Waals surface area contributed by atoms with E-state index in [0.717, 1.165) is 10.9 Å². The summed E-state index contributed by atoms with van der Waals surface area (Å²) in [5.74, 6) is 4.15. The fourth-order valence-corrected chi connectivity index (χ4v) is 1.84. The van der Waals surface area contributed by atoms with Crippen LogP contribution < -0.4 is 9.79 Å². The second kappa shape index (κ2) is 18.8. The van der Waals surface area contributed by atoms with Gasteiger partial charge in [-0.2, -0.15) is 0 Å². The molecular formula is C6H16MgO4PS+. The van der Waals surface area contributed by atoms with E-state index in [1.54, 1.807) is 0 Å². The summed E-state index contributed by atoms with van der Waals surface area (Å²) >= 11 is 0. The molecule has 76 valence electrons. The zero-order chi connectivity index (χ0) is 9.28. The maximum atomic E-state index is 8.48. The van der Waals surface area contributed by atoms with Crippen LogP contribution in [0.5, 0.6) is 0 Å². The van der Waals surface area contributed by atoms with Crippen molar-refractivity contribution in [2.45, 2.75) is 20.8 Å². The summed E-state index contributed by atoms with van der Waals surface area (Å²) < 4.78 is 8.48. The first-order valence-corrected chi connectivity index (χ1v) is 6.36. The summed E-state index contributed by atoms with van der Waals surface area (Å²) in [6.45, 7) is 6.82. The van der Waals surface area contributed by atoms with Gasteiger partial charge in [0.1, 0.15) is 17.3 Å². The van der Waals surface area contributed by atoms with Crippen LogP contribution in [0.2, 0.25) is 0 Å². The summed E-state index contributed by atoms with van der Waals surface area (Å²) in [5.41, 5.74) is 0. The van der Waals surface area contributed by atoms with Crippen molar-refractivity contribution in [1.29, 1.82) is 0 Å². The van der Waals surface area contributed by atoms with Crippen molar-refractivity contribution in [3.63, 3.8) is 0 Å². The number of hydrogen-bond acceptors (Lipinski definition) is 4. The standard InChI is InChI=1S/C6H15S.Mg.HO3P.H2O/c1-4-7(5-2)6-3;;1-4(2)3;/h4-6H2,1-3H3;;(H,1,2,3);1H2/q+1;+2;;/p-2. The Labute approximate surface area is 99.9 Å². The molecular weight excluding hydrogens is 223 g/mol. The third-order valence-corrected chi connectivity index (χ3v) is 3.67. The molecule has 0 aromatic heterocycles.